The first-order chi connectivity index (χ1) is 10.8. The standard InChI is InChI=1S/C14H21N3O6/c1-7(2)13(20)22-6-8-10(18)11(19)12(23-8)17-5-4-9(15-3)16-14(17)21/h4-5,7-8,10-12,18-19H,6H2,1-3H3,(H,15,16,21)/t8-,10-,11-,12?/m0/s1. The van der Waals surface area contributed by atoms with Crippen LogP contribution in [0, 0.1) is 5.92 Å². The maximum absolute atomic E-state index is 12.0. The summed E-state index contributed by atoms with van der Waals surface area (Å²) in [5.74, 6) is -0.368. The molecule has 0 spiro atoms. The molecule has 1 unspecified atom stereocenters. The van der Waals surface area contributed by atoms with Gasteiger partial charge in [0.05, 0.1) is 5.92 Å². The summed E-state index contributed by atoms with van der Waals surface area (Å²) in [5.41, 5.74) is -0.632. The summed E-state index contributed by atoms with van der Waals surface area (Å²) < 4.78 is 11.6. The third-order valence-corrected chi connectivity index (χ3v) is 3.56. The number of carbonyl (C=O) groups excluding carboxylic acids is 1. The minimum absolute atomic E-state index is 0.206. The number of anilines is 1. The van der Waals surface area contributed by atoms with Gasteiger partial charge in [0.25, 0.3) is 0 Å². The Morgan fingerprint density at radius 1 is 1.48 bits per heavy atom. The Morgan fingerprint density at radius 3 is 2.74 bits per heavy atom. The van der Waals surface area contributed by atoms with Gasteiger partial charge < -0.3 is 25.0 Å². The predicted octanol–water partition coefficient (Wildman–Crippen LogP) is -0.897. The van der Waals surface area contributed by atoms with E-state index in [1.54, 1.807) is 20.9 Å². The number of hydrogen-bond donors (Lipinski definition) is 3. The molecule has 2 heterocycles. The van der Waals surface area contributed by atoms with Crippen LogP contribution in [0.3, 0.4) is 0 Å². The summed E-state index contributed by atoms with van der Waals surface area (Å²) in [4.78, 5) is 27.2. The molecule has 0 radical (unpaired) electrons. The van der Waals surface area contributed by atoms with Gasteiger partial charge in [-0.05, 0) is 6.07 Å². The first-order valence-electron chi connectivity index (χ1n) is 7.30. The lowest BCUT2D eigenvalue weighted by atomic mass is 10.1. The number of ether oxygens (including phenoxy) is 2. The van der Waals surface area contributed by atoms with Crippen molar-refractivity contribution in [2.75, 3.05) is 19.0 Å². The molecule has 128 valence electrons. The summed E-state index contributed by atoms with van der Waals surface area (Å²) in [7, 11) is 1.62. The maximum Gasteiger partial charge on any atom is 0.351 e. The molecule has 1 aromatic rings. The van der Waals surface area contributed by atoms with Crippen molar-refractivity contribution < 1.29 is 24.5 Å². The minimum Gasteiger partial charge on any atom is -0.463 e. The highest BCUT2D eigenvalue weighted by Gasteiger charge is 2.44. The summed E-state index contributed by atoms with van der Waals surface area (Å²) in [6.07, 6.45) is -3.23. The van der Waals surface area contributed by atoms with Crippen LogP contribution in [-0.4, -0.2) is 57.7 Å². The van der Waals surface area contributed by atoms with Crippen molar-refractivity contribution in [1.29, 1.82) is 0 Å². The van der Waals surface area contributed by atoms with Crippen molar-refractivity contribution in [3.8, 4) is 0 Å². The van der Waals surface area contributed by atoms with Crippen LogP contribution in [0.2, 0.25) is 0 Å². The van der Waals surface area contributed by atoms with E-state index in [9.17, 15) is 19.8 Å². The molecule has 9 heteroatoms. The van der Waals surface area contributed by atoms with E-state index in [2.05, 4.69) is 10.3 Å². The number of nitrogens with one attached hydrogen (secondary N) is 1. The maximum atomic E-state index is 12.0. The summed E-state index contributed by atoms with van der Waals surface area (Å²) in [6.45, 7) is 3.16. The van der Waals surface area contributed by atoms with Gasteiger partial charge in [0.1, 0.15) is 30.7 Å². The molecule has 1 aromatic heterocycles. The number of rotatable bonds is 5. The van der Waals surface area contributed by atoms with Crippen molar-refractivity contribution in [3.63, 3.8) is 0 Å². The number of nitrogens with zero attached hydrogens (tertiary/aromatic N) is 2. The highest BCUT2D eigenvalue weighted by molar-refractivity contribution is 5.71. The highest BCUT2D eigenvalue weighted by Crippen LogP contribution is 2.28. The molecule has 0 saturated carbocycles. The minimum atomic E-state index is -1.34. The zero-order valence-electron chi connectivity index (χ0n) is 13.2. The highest BCUT2D eigenvalue weighted by atomic mass is 16.6. The lowest BCUT2D eigenvalue weighted by Crippen LogP contribution is -2.36. The molecule has 23 heavy (non-hydrogen) atoms. The third kappa shape index (κ3) is 3.69. The quantitative estimate of drug-likeness (QED) is 0.595. The Hall–Kier alpha value is -1.97. The zero-order valence-corrected chi connectivity index (χ0v) is 13.2. The van der Waals surface area contributed by atoms with Gasteiger partial charge in [-0.2, -0.15) is 4.98 Å². The Bertz CT molecular complexity index is 617. The summed E-state index contributed by atoms with van der Waals surface area (Å²) in [5, 5.41) is 22.8. The van der Waals surface area contributed by atoms with Gasteiger partial charge in [-0.3, -0.25) is 9.36 Å². The molecule has 0 amide bonds. The second kappa shape index (κ2) is 7.07. The summed E-state index contributed by atoms with van der Waals surface area (Å²) in [6, 6.07) is 1.54. The molecule has 1 aliphatic heterocycles. The lowest BCUT2D eigenvalue weighted by Gasteiger charge is -2.17. The lowest BCUT2D eigenvalue weighted by molar-refractivity contribution is -0.153. The second-order valence-electron chi connectivity index (χ2n) is 5.58. The van der Waals surface area contributed by atoms with Crippen LogP contribution in [0.5, 0.6) is 0 Å². The molecule has 3 N–H and O–H groups in total. The molecular weight excluding hydrogens is 306 g/mol. The Kier molecular flexibility index (Phi) is 5.34. The van der Waals surface area contributed by atoms with Gasteiger partial charge in [0, 0.05) is 13.2 Å². The fourth-order valence-corrected chi connectivity index (χ4v) is 2.17. The molecule has 0 aromatic carbocycles. The molecule has 1 aliphatic rings. The van der Waals surface area contributed by atoms with Crippen LogP contribution in [0.15, 0.2) is 17.1 Å². The monoisotopic (exact) mass is 327 g/mol. The first-order valence-corrected chi connectivity index (χ1v) is 7.30. The van der Waals surface area contributed by atoms with Crippen LogP contribution in [0.4, 0.5) is 5.82 Å². The molecule has 0 bridgehead atoms. The van der Waals surface area contributed by atoms with Gasteiger partial charge in [0.15, 0.2) is 6.23 Å². The van der Waals surface area contributed by atoms with Crippen molar-refractivity contribution in [1.82, 2.24) is 9.55 Å². The number of aliphatic hydroxyl groups excluding tert-OH is 2. The van der Waals surface area contributed by atoms with Gasteiger partial charge in [-0.15, -0.1) is 0 Å². The van der Waals surface area contributed by atoms with Gasteiger partial charge in [0.2, 0.25) is 0 Å². The smallest absolute Gasteiger partial charge is 0.351 e. The predicted molar refractivity (Wildman–Crippen MR) is 79.8 cm³/mol. The SMILES string of the molecule is CNc1ccn(C2O[C@@H](COC(=O)C(C)C)[C@H](O)[C@@H]2O)c(=O)n1. The van der Waals surface area contributed by atoms with E-state index in [1.165, 1.54) is 12.3 Å². The molecular formula is C14H21N3O6. The fourth-order valence-electron chi connectivity index (χ4n) is 2.17. The number of aliphatic hydroxyl groups is 2. The largest absolute Gasteiger partial charge is 0.463 e. The summed E-state index contributed by atoms with van der Waals surface area (Å²) >= 11 is 0. The van der Waals surface area contributed by atoms with Crippen molar-refractivity contribution >= 4 is 11.8 Å². The topological polar surface area (TPSA) is 123 Å². The molecule has 4 atom stereocenters. The molecule has 1 fully saturated rings. The van der Waals surface area contributed by atoms with E-state index in [0.717, 1.165) is 4.57 Å². The van der Waals surface area contributed by atoms with Gasteiger partial charge >= 0.3 is 11.7 Å². The van der Waals surface area contributed by atoms with Crippen LogP contribution >= 0.6 is 0 Å². The van der Waals surface area contributed by atoms with Crippen LogP contribution in [-0.2, 0) is 14.3 Å². The van der Waals surface area contributed by atoms with Crippen LogP contribution in [0.1, 0.15) is 20.1 Å². The van der Waals surface area contributed by atoms with E-state index in [4.69, 9.17) is 9.47 Å². The Labute approximate surface area is 132 Å². The number of esters is 1. The number of hydrogen-bond acceptors (Lipinski definition) is 8. The zero-order chi connectivity index (χ0) is 17.1. The van der Waals surface area contributed by atoms with E-state index in [1.807, 2.05) is 0 Å². The first kappa shape index (κ1) is 17.4. The average Bonchev–Trinajstić information content (AvgIpc) is 2.80. The van der Waals surface area contributed by atoms with Crippen molar-refractivity contribution in [2.45, 2.75) is 38.4 Å². The molecule has 2 rings (SSSR count). The third-order valence-electron chi connectivity index (χ3n) is 3.56. The molecule has 9 nitrogen and oxygen atoms in total. The van der Waals surface area contributed by atoms with Crippen LogP contribution < -0.4 is 11.0 Å². The Balaban J connectivity index is 2.10. The fraction of sp³-hybridized carbons (Fsp3) is 0.643. The van der Waals surface area contributed by atoms with E-state index >= 15 is 0 Å². The number of carbonyl (C=O) groups is 1. The van der Waals surface area contributed by atoms with Gasteiger partial charge in [-0.1, -0.05) is 13.8 Å². The van der Waals surface area contributed by atoms with E-state index < -0.39 is 36.2 Å². The Morgan fingerprint density at radius 2 is 2.17 bits per heavy atom. The number of aromatic nitrogens is 2. The van der Waals surface area contributed by atoms with Crippen molar-refractivity contribution in [3.05, 3.63) is 22.7 Å². The normalized spacial score (nSPS) is 27.2. The van der Waals surface area contributed by atoms with Crippen LogP contribution in [0.25, 0.3) is 0 Å². The average molecular weight is 327 g/mol. The molecule has 1 saturated heterocycles. The molecule has 0 aliphatic carbocycles. The second-order valence-corrected chi connectivity index (χ2v) is 5.58. The van der Waals surface area contributed by atoms with Crippen molar-refractivity contribution in [2.24, 2.45) is 5.92 Å². The van der Waals surface area contributed by atoms with E-state index in [0.29, 0.717) is 5.82 Å². The van der Waals surface area contributed by atoms with E-state index in [-0.39, 0.29) is 12.5 Å². The van der Waals surface area contributed by atoms with Gasteiger partial charge in [-0.25, -0.2) is 4.79 Å².